The third kappa shape index (κ3) is 4.39. The zero-order valence-corrected chi connectivity index (χ0v) is 12.1. The molecule has 0 aromatic carbocycles. The topological polar surface area (TPSA) is 34.1 Å². The molecule has 3 heteroatoms. The standard InChI is InChI=1S/C15H26N2O/c1-5-8-14(18-7-3)15(17-6-2)13-9-12(4)10-16-11-13/h9-11,14-15,17H,5-8H2,1-4H3. The number of nitrogens with zero attached hydrogens (tertiary/aromatic N) is 1. The van der Waals surface area contributed by atoms with Crippen molar-refractivity contribution in [2.24, 2.45) is 0 Å². The van der Waals surface area contributed by atoms with Crippen LogP contribution in [0.4, 0.5) is 0 Å². The van der Waals surface area contributed by atoms with Crippen LogP contribution >= 0.6 is 0 Å². The first-order valence-corrected chi connectivity index (χ1v) is 6.99. The summed E-state index contributed by atoms with van der Waals surface area (Å²) in [6, 6.07) is 2.43. The van der Waals surface area contributed by atoms with Crippen molar-refractivity contribution >= 4 is 0 Å². The molecule has 18 heavy (non-hydrogen) atoms. The van der Waals surface area contributed by atoms with E-state index in [1.165, 1.54) is 11.1 Å². The van der Waals surface area contributed by atoms with Gasteiger partial charge in [0.2, 0.25) is 0 Å². The highest BCUT2D eigenvalue weighted by molar-refractivity contribution is 5.21. The van der Waals surface area contributed by atoms with Crippen molar-refractivity contribution in [2.75, 3.05) is 13.2 Å². The van der Waals surface area contributed by atoms with E-state index >= 15 is 0 Å². The van der Waals surface area contributed by atoms with E-state index in [-0.39, 0.29) is 12.1 Å². The number of hydrogen-bond acceptors (Lipinski definition) is 3. The smallest absolute Gasteiger partial charge is 0.0770 e. The monoisotopic (exact) mass is 250 g/mol. The van der Waals surface area contributed by atoms with Crippen molar-refractivity contribution in [1.29, 1.82) is 0 Å². The highest BCUT2D eigenvalue weighted by atomic mass is 16.5. The van der Waals surface area contributed by atoms with Gasteiger partial charge >= 0.3 is 0 Å². The van der Waals surface area contributed by atoms with E-state index in [1.54, 1.807) is 0 Å². The fourth-order valence-electron chi connectivity index (χ4n) is 2.28. The maximum Gasteiger partial charge on any atom is 0.0770 e. The summed E-state index contributed by atoms with van der Waals surface area (Å²) >= 11 is 0. The van der Waals surface area contributed by atoms with Gasteiger partial charge in [-0.3, -0.25) is 4.98 Å². The lowest BCUT2D eigenvalue weighted by atomic mass is 9.98. The predicted molar refractivity (Wildman–Crippen MR) is 75.7 cm³/mol. The average Bonchev–Trinajstić information content (AvgIpc) is 2.36. The minimum Gasteiger partial charge on any atom is -0.377 e. The third-order valence-electron chi connectivity index (χ3n) is 3.00. The average molecular weight is 250 g/mol. The van der Waals surface area contributed by atoms with Crippen LogP contribution in [0.5, 0.6) is 0 Å². The number of hydrogen-bond donors (Lipinski definition) is 1. The van der Waals surface area contributed by atoms with Gasteiger partial charge in [-0.05, 0) is 37.9 Å². The Morgan fingerprint density at radius 2 is 2.06 bits per heavy atom. The van der Waals surface area contributed by atoms with Gasteiger partial charge < -0.3 is 10.1 Å². The normalized spacial score (nSPS) is 14.4. The zero-order valence-electron chi connectivity index (χ0n) is 12.1. The lowest BCUT2D eigenvalue weighted by Crippen LogP contribution is -2.34. The number of aromatic nitrogens is 1. The van der Waals surface area contributed by atoms with Crippen LogP contribution in [0.25, 0.3) is 0 Å². The lowest BCUT2D eigenvalue weighted by Gasteiger charge is -2.28. The summed E-state index contributed by atoms with van der Waals surface area (Å²) in [5, 5.41) is 3.53. The number of nitrogens with one attached hydrogen (secondary N) is 1. The van der Waals surface area contributed by atoms with Crippen molar-refractivity contribution in [3.05, 3.63) is 29.6 Å². The second-order valence-electron chi connectivity index (χ2n) is 4.61. The van der Waals surface area contributed by atoms with Gasteiger partial charge in [0.25, 0.3) is 0 Å². The summed E-state index contributed by atoms with van der Waals surface area (Å²) in [6.07, 6.45) is 6.26. The van der Waals surface area contributed by atoms with Gasteiger partial charge in [0.15, 0.2) is 0 Å². The Kier molecular flexibility index (Phi) is 6.91. The van der Waals surface area contributed by atoms with E-state index in [4.69, 9.17) is 4.74 Å². The van der Waals surface area contributed by atoms with Crippen LogP contribution in [-0.2, 0) is 4.74 Å². The first-order chi connectivity index (χ1) is 8.72. The first kappa shape index (κ1) is 15.1. The number of aryl methyl sites for hydroxylation is 1. The maximum absolute atomic E-state index is 5.90. The Labute approximate surface area is 111 Å². The molecule has 2 atom stereocenters. The Balaban J connectivity index is 2.91. The molecule has 0 aliphatic heterocycles. The van der Waals surface area contributed by atoms with E-state index in [0.717, 1.165) is 26.0 Å². The Morgan fingerprint density at radius 3 is 2.61 bits per heavy atom. The molecule has 1 N–H and O–H groups in total. The molecule has 1 heterocycles. The van der Waals surface area contributed by atoms with E-state index < -0.39 is 0 Å². The fourth-order valence-corrected chi connectivity index (χ4v) is 2.28. The summed E-state index contributed by atoms with van der Waals surface area (Å²) in [7, 11) is 0. The van der Waals surface area contributed by atoms with Crippen molar-refractivity contribution < 1.29 is 4.74 Å². The molecule has 0 saturated carbocycles. The van der Waals surface area contributed by atoms with Gasteiger partial charge in [-0.15, -0.1) is 0 Å². The zero-order chi connectivity index (χ0) is 13.4. The van der Waals surface area contributed by atoms with Crippen LogP contribution in [0.15, 0.2) is 18.5 Å². The summed E-state index contributed by atoms with van der Waals surface area (Å²) < 4.78 is 5.90. The minimum atomic E-state index is 0.226. The fraction of sp³-hybridized carbons (Fsp3) is 0.667. The molecule has 1 aromatic heterocycles. The molecule has 0 saturated heterocycles. The van der Waals surface area contributed by atoms with E-state index in [0.29, 0.717) is 0 Å². The van der Waals surface area contributed by atoms with Gasteiger partial charge in [-0.25, -0.2) is 0 Å². The van der Waals surface area contributed by atoms with Crippen LogP contribution in [0.3, 0.4) is 0 Å². The number of likely N-dealkylation sites (N-methyl/N-ethyl adjacent to an activating group) is 1. The number of rotatable bonds is 8. The predicted octanol–water partition coefficient (Wildman–Crippen LogP) is 3.25. The van der Waals surface area contributed by atoms with Crippen molar-refractivity contribution in [3.63, 3.8) is 0 Å². The van der Waals surface area contributed by atoms with Crippen LogP contribution in [-0.4, -0.2) is 24.2 Å². The van der Waals surface area contributed by atoms with Crippen molar-refractivity contribution in [3.8, 4) is 0 Å². The number of pyridine rings is 1. The highest BCUT2D eigenvalue weighted by Gasteiger charge is 2.22. The highest BCUT2D eigenvalue weighted by Crippen LogP contribution is 2.23. The second-order valence-corrected chi connectivity index (χ2v) is 4.61. The molecular weight excluding hydrogens is 224 g/mol. The van der Waals surface area contributed by atoms with Gasteiger partial charge in [0.1, 0.15) is 0 Å². The van der Waals surface area contributed by atoms with Gasteiger partial charge in [-0.2, -0.15) is 0 Å². The molecule has 0 spiro atoms. The SMILES string of the molecule is CCCC(OCC)C(NCC)c1cncc(C)c1. The molecule has 0 aliphatic rings. The summed E-state index contributed by atoms with van der Waals surface area (Å²) in [6.45, 7) is 10.2. The third-order valence-corrected chi connectivity index (χ3v) is 3.00. The molecule has 0 radical (unpaired) electrons. The molecule has 0 bridgehead atoms. The Morgan fingerprint density at radius 1 is 1.28 bits per heavy atom. The van der Waals surface area contributed by atoms with Gasteiger partial charge in [0, 0.05) is 19.0 Å². The molecule has 0 fully saturated rings. The minimum absolute atomic E-state index is 0.226. The molecule has 0 aliphatic carbocycles. The largest absolute Gasteiger partial charge is 0.377 e. The van der Waals surface area contributed by atoms with Crippen LogP contribution in [0.2, 0.25) is 0 Å². The lowest BCUT2D eigenvalue weighted by molar-refractivity contribution is 0.0279. The van der Waals surface area contributed by atoms with E-state index in [2.05, 4.69) is 44.1 Å². The second kappa shape index (κ2) is 8.22. The van der Waals surface area contributed by atoms with Crippen molar-refractivity contribution in [1.82, 2.24) is 10.3 Å². The Hall–Kier alpha value is -0.930. The number of ether oxygens (including phenoxy) is 1. The van der Waals surface area contributed by atoms with E-state index in [9.17, 15) is 0 Å². The van der Waals surface area contributed by atoms with Gasteiger partial charge in [-0.1, -0.05) is 26.3 Å². The first-order valence-electron chi connectivity index (χ1n) is 6.99. The summed E-state index contributed by atoms with van der Waals surface area (Å²) in [4.78, 5) is 4.29. The molecule has 2 unspecified atom stereocenters. The summed E-state index contributed by atoms with van der Waals surface area (Å²) in [5.74, 6) is 0. The molecule has 1 aromatic rings. The molecule has 0 amide bonds. The molecule has 102 valence electrons. The van der Waals surface area contributed by atoms with Crippen LogP contribution in [0, 0.1) is 6.92 Å². The molecular formula is C15H26N2O. The summed E-state index contributed by atoms with van der Waals surface area (Å²) in [5.41, 5.74) is 2.42. The maximum atomic E-state index is 5.90. The van der Waals surface area contributed by atoms with E-state index in [1.807, 2.05) is 12.4 Å². The van der Waals surface area contributed by atoms with Crippen molar-refractivity contribution in [2.45, 2.75) is 52.7 Å². The molecule has 1 rings (SSSR count). The van der Waals surface area contributed by atoms with Crippen LogP contribution < -0.4 is 5.32 Å². The quantitative estimate of drug-likeness (QED) is 0.769. The van der Waals surface area contributed by atoms with Crippen LogP contribution in [0.1, 0.15) is 50.8 Å². The van der Waals surface area contributed by atoms with Gasteiger partial charge in [0.05, 0.1) is 12.1 Å². The Bertz CT molecular complexity index is 335. The molecule has 3 nitrogen and oxygen atoms in total.